The number of hydrogen-bond donors (Lipinski definition) is 1. The molecule has 2 heterocycles. The molecule has 3 nitrogen and oxygen atoms in total. The van der Waals surface area contributed by atoms with Gasteiger partial charge in [0.05, 0.1) is 30.5 Å². The van der Waals surface area contributed by atoms with E-state index in [1.54, 1.807) is 6.92 Å². The Morgan fingerprint density at radius 1 is 0.875 bits per heavy atom. The van der Waals surface area contributed by atoms with E-state index < -0.39 is 0 Å². The third-order valence-electron chi connectivity index (χ3n) is 3.87. The molecular weight excluding hydrogens is 204 g/mol. The van der Waals surface area contributed by atoms with Gasteiger partial charge in [0, 0.05) is 0 Å². The van der Waals surface area contributed by atoms with Gasteiger partial charge < -0.3 is 14.6 Å². The molecule has 0 saturated carbocycles. The van der Waals surface area contributed by atoms with E-state index in [2.05, 4.69) is 13.8 Å². The van der Waals surface area contributed by atoms with E-state index in [1.165, 1.54) is 0 Å². The molecule has 0 aromatic carbocycles. The molecule has 0 aromatic heterocycles. The van der Waals surface area contributed by atoms with E-state index in [0.717, 1.165) is 25.7 Å². The minimum atomic E-state index is -0.354. The molecule has 0 radical (unpaired) electrons. The van der Waals surface area contributed by atoms with Crippen LogP contribution in [0.25, 0.3) is 0 Å². The molecule has 5 atom stereocenters. The van der Waals surface area contributed by atoms with Gasteiger partial charge in [-0.25, -0.2) is 0 Å². The Balaban J connectivity index is 1.82. The Kier molecular flexibility index (Phi) is 3.88. The third-order valence-corrected chi connectivity index (χ3v) is 3.87. The molecule has 2 rings (SSSR count). The average molecular weight is 228 g/mol. The van der Waals surface area contributed by atoms with Gasteiger partial charge in [-0.3, -0.25) is 0 Å². The summed E-state index contributed by atoms with van der Waals surface area (Å²) in [5, 5.41) is 9.49. The molecule has 0 aromatic rings. The number of ether oxygens (including phenoxy) is 2. The zero-order valence-electron chi connectivity index (χ0n) is 10.6. The molecule has 0 amide bonds. The van der Waals surface area contributed by atoms with Crippen molar-refractivity contribution in [2.24, 2.45) is 5.92 Å². The van der Waals surface area contributed by atoms with Crippen LogP contribution in [0.15, 0.2) is 0 Å². The smallest absolute Gasteiger partial charge is 0.0842 e. The maximum atomic E-state index is 9.49. The van der Waals surface area contributed by atoms with Crippen LogP contribution in [0.2, 0.25) is 0 Å². The standard InChI is InChI=1S/C13H24O3/c1-8(2)10-4-6-12(15-10)13-7-5-11(16-13)9(3)14/h8-14H,4-7H2,1-3H3/t9-,10-,11+,12-,13+/m1/s1. The second-order valence-electron chi connectivity index (χ2n) is 5.57. The fraction of sp³-hybridized carbons (Fsp3) is 1.00. The Labute approximate surface area is 98.1 Å². The van der Waals surface area contributed by atoms with E-state index in [-0.39, 0.29) is 24.4 Å². The van der Waals surface area contributed by atoms with Crippen LogP contribution in [0.3, 0.4) is 0 Å². The van der Waals surface area contributed by atoms with Gasteiger partial charge in [-0.1, -0.05) is 13.8 Å². The van der Waals surface area contributed by atoms with Crippen molar-refractivity contribution in [3.63, 3.8) is 0 Å². The summed E-state index contributed by atoms with van der Waals surface area (Å²) in [7, 11) is 0. The summed E-state index contributed by atoms with van der Waals surface area (Å²) in [6.45, 7) is 6.22. The maximum absolute atomic E-state index is 9.49. The predicted octanol–water partition coefficient (Wildman–Crippen LogP) is 2.12. The zero-order chi connectivity index (χ0) is 11.7. The first kappa shape index (κ1) is 12.3. The molecular formula is C13H24O3. The summed E-state index contributed by atoms with van der Waals surface area (Å²) in [6.07, 6.45) is 4.80. The number of aliphatic hydroxyl groups is 1. The van der Waals surface area contributed by atoms with Crippen LogP contribution >= 0.6 is 0 Å². The molecule has 2 aliphatic rings. The minimum Gasteiger partial charge on any atom is -0.391 e. The lowest BCUT2D eigenvalue weighted by Crippen LogP contribution is -2.30. The van der Waals surface area contributed by atoms with Gasteiger partial charge >= 0.3 is 0 Å². The SMILES string of the molecule is CC(C)[C@H]1CC[C@H]([C@@H]2CC[C@@H]([C@@H](C)O)O2)O1. The largest absolute Gasteiger partial charge is 0.391 e. The van der Waals surface area contributed by atoms with Crippen molar-refractivity contribution in [3.8, 4) is 0 Å². The van der Waals surface area contributed by atoms with Crippen molar-refractivity contribution in [3.05, 3.63) is 0 Å². The lowest BCUT2D eigenvalue weighted by Gasteiger charge is -2.22. The van der Waals surface area contributed by atoms with Crippen LogP contribution < -0.4 is 0 Å². The molecule has 0 aliphatic carbocycles. The summed E-state index contributed by atoms with van der Waals surface area (Å²) in [5.74, 6) is 0.596. The number of rotatable bonds is 3. The van der Waals surface area contributed by atoms with Crippen molar-refractivity contribution < 1.29 is 14.6 Å². The van der Waals surface area contributed by atoms with Gasteiger partial charge in [0.1, 0.15) is 0 Å². The average Bonchev–Trinajstić information content (AvgIpc) is 2.86. The molecule has 2 fully saturated rings. The first-order chi connectivity index (χ1) is 7.58. The highest BCUT2D eigenvalue weighted by Crippen LogP contribution is 2.34. The molecule has 16 heavy (non-hydrogen) atoms. The van der Waals surface area contributed by atoms with Gasteiger partial charge in [-0.2, -0.15) is 0 Å². The lowest BCUT2D eigenvalue weighted by atomic mass is 10.0. The van der Waals surface area contributed by atoms with Gasteiger partial charge in [0.15, 0.2) is 0 Å². The Hall–Kier alpha value is -0.120. The third kappa shape index (κ3) is 2.58. The fourth-order valence-electron chi connectivity index (χ4n) is 2.77. The fourth-order valence-corrected chi connectivity index (χ4v) is 2.77. The molecule has 0 bridgehead atoms. The summed E-state index contributed by atoms with van der Waals surface area (Å²) in [5.41, 5.74) is 0. The van der Waals surface area contributed by atoms with Gasteiger partial charge in [-0.05, 0) is 38.5 Å². The normalized spacial score (nSPS) is 41.8. The molecule has 1 N–H and O–H groups in total. The Morgan fingerprint density at radius 3 is 1.75 bits per heavy atom. The maximum Gasteiger partial charge on any atom is 0.0842 e. The summed E-state index contributed by atoms with van der Waals surface area (Å²) in [6, 6.07) is 0. The zero-order valence-corrected chi connectivity index (χ0v) is 10.6. The first-order valence-corrected chi connectivity index (χ1v) is 6.57. The van der Waals surface area contributed by atoms with E-state index in [9.17, 15) is 5.11 Å². The van der Waals surface area contributed by atoms with Crippen molar-refractivity contribution in [2.45, 2.75) is 77.0 Å². The molecule has 0 unspecified atom stereocenters. The molecule has 0 spiro atoms. The van der Waals surface area contributed by atoms with Crippen LogP contribution in [0.1, 0.15) is 46.5 Å². The number of hydrogen-bond acceptors (Lipinski definition) is 3. The van der Waals surface area contributed by atoms with Crippen molar-refractivity contribution >= 4 is 0 Å². The summed E-state index contributed by atoms with van der Waals surface area (Å²) >= 11 is 0. The van der Waals surface area contributed by atoms with Gasteiger partial charge in [0.2, 0.25) is 0 Å². The second kappa shape index (κ2) is 5.03. The van der Waals surface area contributed by atoms with Crippen molar-refractivity contribution in [1.82, 2.24) is 0 Å². The van der Waals surface area contributed by atoms with Crippen LogP contribution in [-0.2, 0) is 9.47 Å². The summed E-state index contributed by atoms with van der Waals surface area (Å²) < 4.78 is 11.9. The van der Waals surface area contributed by atoms with E-state index in [4.69, 9.17) is 9.47 Å². The van der Waals surface area contributed by atoms with Crippen molar-refractivity contribution in [1.29, 1.82) is 0 Å². The summed E-state index contributed by atoms with van der Waals surface area (Å²) in [4.78, 5) is 0. The highest BCUT2D eigenvalue weighted by Gasteiger charge is 2.38. The van der Waals surface area contributed by atoms with Crippen LogP contribution in [-0.4, -0.2) is 35.6 Å². The molecule has 3 heteroatoms. The number of aliphatic hydroxyl groups excluding tert-OH is 1. The highest BCUT2D eigenvalue weighted by atomic mass is 16.6. The second-order valence-corrected chi connectivity index (χ2v) is 5.57. The van der Waals surface area contributed by atoms with Gasteiger partial charge in [-0.15, -0.1) is 0 Å². The lowest BCUT2D eigenvalue weighted by molar-refractivity contribution is -0.0940. The quantitative estimate of drug-likeness (QED) is 0.804. The van der Waals surface area contributed by atoms with Crippen LogP contribution in [0.5, 0.6) is 0 Å². The van der Waals surface area contributed by atoms with E-state index in [0.29, 0.717) is 12.0 Å². The molecule has 2 aliphatic heterocycles. The monoisotopic (exact) mass is 228 g/mol. The Morgan fingerprint density at radius 2 is 1.38 bits per heavy atom. The molecule has 94 valence electrons. The molecule has 2 saturated heterocycles. The first-order valence-electron chi connectivity index (χ1n) is 6.57. The Bertz CT molecular complexity index is 203. The van der Waals surface area contributed by atoms with Crippen LogP contribution in [0, 0.1) is 5.92 Å². The van der Waals surface area contributed by atoms with E-state index in [1.807, 2.05) is 0 Å². The van der Waals surface area contributed by atoms with Crippen molar-refractivity contribution in [2.75, 3.05) is 0 Å². The minimum absolute atomic E-state index is 0.0201. The highest BCUT2D eigenvalue weighted by molar-refractivity contribution is 4.87. The van der Waals surface area contributed by atoms with Gasteiger partial charge in [0.25, 0.3) is 0 Å². The van der Waals surface area contributed by atoms with E-state index >= 15 is 0 Å². The predicted molar refractivity (Wildman–Crippen MR) is 62.3 cm³/mol. The van der Waals surface area contributed by atoms with Crippen LogP contribution in [0.4, 0.5) is 0 Å². The topological polar surface area (TPSA) is 38.7 Å².